The zero-order valence-electron chi connectivity index (χ0n) is 11.6. The van der Waals surface area contributed by atoms with Crippen LogP contribution in [0.3, 0.4) is 0 Å². The van der Waals surface area contributed by atoms with Crippen molar-refractivity contribution in [2.24, 2.45) is 0 Å². The van der Waals surface area contributed by atoms with Crippen molar-refractivity contribution < 1.29 is 9.59 Å². The van der Waals surface area contributed by atoms with Crippen LogP contribution in [0.4, 0.5) is 0 Å². The highest BCUT2D eigenvalue weighted by atomic mass is 35.5. The molecule has 2 rings (SSSR count). The van der Waals surface area contributed by atoms with Gasteiger partial charge in [0.1, 0.15) is 12.1 Å². The maximum Gasteiger partial charge on any atom is 0.246 e. The van der Waals surface area contributed by atoms with E-state index in [1.165, 1.54) is 9.80 Å². The van der Waals surface area contributed by atoms with Gasteiger partial charge in [-0.3, -0.25) is 9.59 Å². The third-order valence-electron chi connectivity index (χ3n) is 3.78. The molecule has 4 nitrogen and oxygen atoms in total. The summed E-state index contributed by atoms with van der Waals surface area (Å²) in [6, 6.07) is 4.20. The molecular formula is C14H16Cl2N2O2. The summed E-state index contributed by atoms with van der Waals surface area (Å²) in [5, 5.41) is 0.994. The van der Waals surface area contributed by atoms with Gasteiger partial charge in [-0.1, -0.05) is 29.3 Å². The summed E-state index contributed by atoms with van der Waals surface area (Å²) in [5.41, 5.74) is 0.667. The monoisotopic (exact) mass is 314 g/mol. The Hall–Kier alpha value is -1.26. The van der Waals surface area contributed by atoms with E-state index in [0.29, 0.717) is 15.6 Å². The number of carbonyl (C=O) groups excluding carboxylic acids is 2. The highest BCUT2D eigenvalue weighted by Gasteiger charge is 2.40. The second-order valence-electron chi connectivity index (χ2n) is 4.97. The number of hydrogen-bond donors (Lipinski definition) is 0. The molecule has 0 spiro atoms. The summed E-state index contributed by atoms with van der Waals surface area (Å²) >= 11 is 12.3. The molecule has 1 aromatic rings. The smallest absolute Gasteiger partial charge is 0.246 e. The van der Waals surface area contributed by atoms with E-state index in [0.717, 1.165) is 0 Å². The van der Waals surface area contributed by atoms with Crippen molar-refractivity contribution in [1.29, 1.82) is 0 Å². The molecule has 2 amide bonds. The Morgan fingerprint density at radius 2 is 1.60 bits per heavy atom. The first-order chi connectivity index (χ1) is 9.34. The van der Waals surface area contributed by atoms with E-state index < -0.39 is 12.1 Å². The lowest BCUT2D eigenvalue weighted by atomic mass is 10.1. The van der Waals surface area contributed by atoms with Gasteiger partial charge in [-0.15, -0.1) is 0 Å². The van der Waals surface area contributed by atoms with Gasteiger partial charge in [-0.25, -0.2) is 0 Å². The van der Waals surface area contributed by atoms with Crippen LogP contribution < -0.4 is 0 Å². The summed E-state index contributed by atoms with van der Waals surface area (Å²) < 4.78 is 0. The fourth-order valence-electron chi connectivity index (χ4n) is 2.28. The predicted molar refractivity (Wildman–Crippen MR) is 78.7 cm³/mol. The van der Waals surface area contributed by atoms with Gasteiger partial charge in [0.05, 0.1) is 0 Å². The lowest BCUT2D eigenvalue weighted by Gasteiger charge is -2.41. The highest BCUT2D eigenvalue weighted by Crippen LogP contribution is 2.28. The Morgan fingerprint density at radius 1 is 1.05 bits per heavy atom. The molecule has 0 bridgehead atoms. The Balaban J connectivity index is 2.32. The van der Waals surface area contributed by atoms with Crippen LogP contribution in [0, 0.1) is 0 Å². The summed E-state index contributed by atoms with van der Waals surface area (Å²) in [4.78, 5) is 27.5. The van der Waals surface area contributed by atoms with Crippen molar-refractivity contribution in [3.8, 4) is 0 Å². The number of benzene rings is 1. The van der Waals surface area contributed by atoms with Crippen molar-refractivity contribution in [2.75, 3.05) is 7.05 Å². The number of hydrogen-bond acceptors (Lipinski definition) is 2. The molecule has 1 aliphatic heterocycles. The average molecular weight is 315 g/mol. The van der Waals surface area contributed by atoms with Crippen LogP contribution in [-0.2, 0) is 16.1 Å². The molecule has 0 aromatic heterocycles. The maximum absolute atomic E-state index is 12.4. The summed E-state index contributed by atoms with van der Waals surface area (Å²) in [6.45, 7) is 3.67. The molecule has 1 aliphatic rings. The molecule has 0 saturated carbocycles. The number of amides is 2. The SMILES string of the molecule is C[C@H]1C(=O)N(Cc2c(Cl)cccc2Cl)[C@@H](C)C(=O)N1C. The highest BCUT2D eigenvalue weighted by molar-refractivity contribution is 6.36. The van der Waals surface area contributed by atoms with Crippen molar-refractivity contribution in [3.05, 3.63) is 33.8 Å². The van der Waals surface area contributed by atoms with Crippen molar-refractivity contribution >= 4 is 35.0 Å². The van der Waals surface area contributed by atoms with Gasteiger partial charge in [0.2, 0.25) is 11.8 Å². The minimum absolute atomic E-state index is 0.0831. The van der Waals surface area contributed by atoms with E-state index in [9.17, 15) is 9.59 Å². The van der Waals surface area contributed by atoms with E-state index in [2.05, 4.69) is 0 Å². The average Bonchev–Trinajstić information content (AvgIpc) is 2.42. The first-order valence-electron chi connectivity index (χ1n) is 6.34. The number of rotatable bonds is 2. The first-order valence-corrected chi connectivity index (χ1v) is 7.10. The van der Waals surface area contributed by atoms with E-state index in [1.807, 2.05) is 0 Å². The molecule has 0 aliphatic carbocycles. The van der Waals surface area contributed by atoms with Gasteiger partial charge in [-0.2, -0.15) is 0 Å². The zero-order valence-corrected chi connectivity index (χ0v) is 13.1. The Morgan fingerprint density at radius 3 is 2.15 bits per heavy atom. The normalized spacial score (nSPS) is 23.4. The molecule has 108 valence electrons. The van der Waals surface area contributed by atoms with Crippen LogP contribution in [0.1, 0.15) is 19.4 Å². The van der Waals surface area contributed by atoms with Crippen molar-refractivity contribution in [3.63, 3.8) is 0 Å². The number of likely N-dealkylation sites (N-methyl/N-ethyl adjacent to an activating group) is 1. The van der Waals surface area contributed by atoms with E-state index in [-0.39, 0.29) is 18.4 Å². The summed E-state index contributed by atoms with van der Waals surface area (Å²) in [6.07, 6.45) is 0. The molecule has 0 radical (unpaired) electrons. The van der Waals surface area contributed by atoms with E-state index in [4.69, 9.17) is 23.2 Å². The number of nitrogens with zero attached hydrogens (tertiary/aromatic N) is 2. The number of halogens is 2. The van der Waals surface area contributed by atoms with Crippen LogP contribution in [0.5, 0.6) is 0 Å². The predicted octanol–water partition coefficient (Wildman–Crippen LogP) is 2.57. The van der Waals surface area contributed by atoms with Crippen LogP contribution >= 0.6 is 23.2 Å². The largest absolute Gasteiger partial charge is 0.332 e. The van der Waals surface area contributed by atoms with Crippen molar-refractivity contribution in [1.82, 2.24) is 9.80 Å². The molecule has 0 N–H and O–H groups in total. The molecule has 1 aromatic carbocycles. The van der Waals surface area contributed by atoms with Crippen LogP contribution in [0.15, 0.2) is 18.2 Å². The summed E-state index contributed by atoms with van der Waals surface area (Å²) in [5.74, 6) is -0.184. The van der Waals surface area contributed by atoms with E-state index >= 15 is 0 Å². The number of carbonyl (C=O) groups is 2. The molecular weight excluding hydrogens is 299 g/mol. The molecule has 0 unspecified atom stereocenters. The van der Waals surface area contributed by atoms with Crippen molar-refractivity contribution in [2.45, 2.75) is 32.5 Å². The third kappa shape index (κ3) is 2.50. The molecule has 2 atom stereocenters. The molecule has 1 saturated heterocycles. The van der Waals surface area contributed by atoms with Gasteiger partial charge in [-0.05, 0) is 26.0 Å². The Kier molecular flexibility index (Phi) is 4.25. The first kappa shape index (κ1) is 15.1. The van der Waals surface area contributed by atoms with Crippen LogP contribution in [0.25, 0.3) is 0 Å². The van der Waals surface area contributed by atoms with Gasteiger partial charge in [0.25, 0.3) is 0 Å². The topological polar surface area (TPSA) is 40.6 Å². The third-order valence-corrected chi connectivity index (χ3v) is 4.49. The Labute approximate surface area is 128 Å². The van der Waals surface area contributed by atoms with Gasteiger partial charge >= 0.3 is 0 Å². The second kappa shape index (κ2) is 5.62. The quantitative estimate of drug-likeness (QED) is 0.841. The Bertz CT molecular complexity index is 542. The van der Waals surface area contributed by atoms with Crippen LogP contribution in [0.2, 0.25) is 10.0 Å². The van der Waals surface area contributed by atoms with E-state index in [1.54, 1.807) is 39.1 Å². The fourth-order valence-corrected chi connectivity index (χ4v) is 2.80. The van der Waals surface area contributed by atoms with Gasteiger partial charge < -0.3 is 9.80 Å². The van der Waals surface area contributed by atoms with Gasteiger partial charge in [0.15, 0.2) is 0 Å². The molecule has 1 heterocycles. The standard InChI is InChI=1S/C14H16Cl2N2O2/c1-8-14(20)18(9(2)13(19)17(8)3)7-10-11(15)5-4-6-12(10)16/h4-6,8-9H,7H2,1-3H3/t8-,9-/m0/s1. The lowest BCUT2D eigenvalue weighted by Crippen LogP contribution is -2.61. The van der Waals surface area contributed by atoms with Gasteiger partial charge in [0, 0.05) is 29.2 Å². The molecule has 1 fully saturated rings. The van der Waals surface area contributed by atoms with Crippen LogP contribution in [-0.4, -0.2) is 40.7 Å². The lowest BCUT2D eigenvalue weighted by molar-refractivity contribution is -0.159. The molecule has 20 heavy (non-hydrogen) atoms. The number of piperazine rings is 1. The maximum atomic E-state index is 12.4. The second-order valence-corrected chi connectivity index (χ2v) is 5.78. The fraction of sp³-hybridized carbons (Fsp3) is 0.429. The minimum atomic E-state index is -0.518. The zero-order chi connectivity index (χ0) is 15.0. The summed E-state index contributed by atoms with van der Waals surface area (Å²) in [7, 11) is 1.64. The minimum Gasteiger partial charge on any atom is -0.332 e. The molecule has 6 heteroatoms.